The standard InChI is InChI=1S/C22H16O4S/c1-14-5-2-3-6-15(14)11-20-22(24)18-9-8-16(12-19(18)26-20)25-21(23)13-17-7-4-10-27-17/h2-12H,13H2,1H3/b20-11-. The molecular formula is C22H16O4S. The van der Waals surface area contributed by atoms with Crippen LogP contribution in [0.4, 0.5) is 0 Å². The maximum absolute atomic E-state index is 12.6. The number of fused-ring (bicyclic) bond motifs is 1. The van der Waals surface area contributed by atoms with E-state index in [1.807, 2.05) is 48.7 Å². The normalized spacial score (nSPS) is 14.1. The molecule has 0 radical (unpaired) electrons. The predicted molar refractivity (Wildman–Crippen MR) is 104 cm³/mol. The first-order valence-electron chi connectivity index (χ1n) is 8.47. The first kappa shape index (κ1) is 17.2. The number of benzene rings is 2. The van der Waals surface area contributed by atoms with Gasteiger partial charge in [-0.1, -0.05) is 30.3 Å². The van der Waals surface area contributed by atoms with Crippen molar-refractivity contribution in [3.8, 4) is 11.5 Å². The summed E-state index contributed by atoms with van der Waals surface area (Å²) in [4.78, 5) is 25.6. The predicted octanol–water partition coefficient (Wildman–Crippen LogP) is 4.82. The van der Waals surface area contributed by atoms with Gasteiger partial charge >= 0.3 is 5.97 Å². The Morgan fingerprint density at radius 3 is 2.78 bits per heavy atom. The molecule has 134 valence electrons. The highest BCUT2D eigenvalue weighted by Gasteiger charge is 2.28. The van der Waals surface area contributed by atoms with E-state index in [0.29, 0.717) is 17.1 Å². The zero-order chi connectivity index (χ0) is 18.8. The minimum Gasteiger partial charge on any atom is -0.452 e. The van der Waals surface area contributed by atoms with Crippen LogP contribution in [0.3, 0.4) is 0 Å². The second-order valence-corrected chi connectivity index (χ2v) is 7.22. The molecule has 3 aromatic rings. The van der Waals surface area contributed by atoms with Gasteiger partial charge in [-0.15, -0.1) is 11.3 Å². The number of thiophene rings is 1. The van der Waals surface area contributed by atoms with Crippen LogP contribution in [0.25, 0.3) is 6.08 Å². The zero-order valence-electron chi connectivity index (χ0n) is 14.6. The summed E-state index contributed by atoms with van der Waals surface area (Å²) in [6.07, 6.45) is 1.95. The minimum atomic E-state index is -0.350. The molecule has 0 atom stereocenters. The highest BCUT2D eigenvalue weighted by Crippen LogP contribution is 2.35. The number of ether oxygens (including phenoxy) is 2. The first-order valence-corrected chi connectivity index (χ1v) is 9.35. The van der Waals surface area contributed by atoms with Gasteiger partial charge in [0, 0.05) is 10.9 Å². The number of allylic oxidation sites excluding steroid dienone is 1. The Hall–Kier alpha value is -3.18. The van der Waals surface area contributed by atoms with Crippen molar-refractivity contribution in [2.24, 2.45) is 0 Å². The average molecular weight is 376 g/mol. The summed E-state index contributed by atoms with van der Waals surface area (Å²) in [5.41, 5.74) is 2.45. The number of ketones is 1. The monoisotopic (exact) mass is 376 g/mol. The Labute approximate surface area is 160 Å². The van der Waals surface area contributed by atoms with E-state index in [-0.39, 0.29) is 23.9 Å². The van der Waals surface area contributed by atoms with Gasteiger partial charge in [0.1, 0.15) is 11.5 Å². The fraction of sp³-hybridized carbons (Fsp3) is 0.0909. The molecule has 0 spiro atoms. The Morgan fingerprint density at radius 1 is 1.15 bits per heavy atom. The number of carbonyl (C=O) groups is 2. The number of rotatable bonds is 4. The van der Waals surface area contributed by atoms with Crippen LogP contribution in [0, 0.1) is 6.92 Å². The van der Waals surface area contributed by atoms with Gasteiger partial charge in [0.05, 0.1) is 12.0 Å². The second-order valence-electron chi connectivity index (χ2n) is 6.18. The molecule has 0 aliphatic carbocycles. The van der Waals surface area contributed by atoms with Crippen molar-refractivity contribution in [2.45, 2.75) is 13.3 Å². The van der Waals surface area contributed by atoms with Crippen LogP contribution >= 0.6 is 11.3 Å². The van der Waals surface area contributed by atoms with Gasteiger partial charge < -0.3 is 9.47 Å². The van der Waals surface area contributed by atoms with Crippen molar-refractivity contribution in [1.82, 2.24) is 0 Å². The van der Waals surface area contributed by atoms with Crippen LogP contribution in [0.1, 0.15) is 26.4 Å². The van der Waals surface area contributed by atoms with Gasteiger partial charge in [-0.25, -0.2) is 0 Å². The van der Waals surface area contributed by atoms with Crippen LogP contribution < -0.4 is 9.47 Å². The molecule has 0 saturated carbocycles. The molecule has 5 heteroatoms. The van der Waals surface area contributed by atoms with E-state index in [1.54, 1.807) is 24.3 Å². The molecule has 0 unspecified atom stereocenters. The lowest BCUT2D eigenvalue weighted by molar-refractivity contribution is -0.133. The Balaban J connectivity index is 1.52. The second kappa shape index (κ2) is 7.21. The van der Waals surface area contributed by atoms with E-state index < -0.39 is 0 Å². The van der Waals surface area contributed by atoms with Crippen LogP contribution in [0.2, 0.25) is 0 Å². The topological polar surface area (TPSA) is 52.6 Å². The molecule has 1 aliphatic heterocycles. The van der Waals surface area contributed by atoms with Gasteiger partial charge in [-0.2, -0.15) is 0 Å². The van der Waals surface area contributed by atoms with Crippen molar-refractivity contribution in [1.29, 1.82) is 0 Å². The van der Waals surface area contributed by atoms with Crippen molar-refractivity contribution in [3.63, 3.8) is 0 Å². The fourth-order valence-corrected chi connectivity index (χ4v) is 3.53. The summed E-state index contributed by atoms with van der Waals surface area (Å²) in [6.45, 7) is 1.98. The number of hydrogen-bond donors (Lipinski definition) is 0. The van der Waals surface area contributed by atoms with E-state index in [4.69, 9.17) is 9.47 Å². The van der Waals surface area contributed by atoms with E-state index >= 15 is 0 Å². The highest BCUT2D eigenvalue weighted by atomic mass is 32.1. The molecule has 0 saturated heterocycles. The SMILES string of the molecule is Cc1ccccc1/C=C1\Oc2cc(OC(=O)Cc3cccs3)ccc2C1=O. The van der Waals surface area contributed by atoms with Crippen LogP contribution in [0.5, 0.6) is 11.5 Å². The molecule has 0 fully saturated rings. The summed E-state index contributed by atoms with van der Waals surface area (Å²) < 4.78 is 11.1. The highest BCUT2D eigenvalue weighted by molar-refractivity contribution is 7.10. The molecule has 2 heterocycles. The summed E-state index contributed by atoms with van der Waals surface area (Å²) in [6, 6.07) is 16.4. The smallest absolute Gasteiger partial charge is 0.316 e. The van der Waals surface area contributed by atoms with Crippen molar-refractivity contribution < 1.29 is 19.1 Å². The Bertz CT molecular complexity index is 1050. The van der Waals surface area contributed by atoms with Crippen molar-refractivity contribution in [3.05, 3.63) is 87.3 Å². The molecule has 2 aromatic carbocycles. The van der Waals surface area contributed by atoms with Gasteiger partial charge in [0.15, 0.2) is 5.76 Å². The quantitative estimate of drug-likeness (QED) is 0.372. The fourth-order valence-electron chi connectivity index (χ4n) is 2.84. The molecule has 27 heavy (non-hydrogen) atoms. The summed E-state index contributed by atoms with van der Waals surface area (Å²) in [5, 5.41) is 1.92. The lowest BCUT2D eigenvalue weighted by atomic mass is 10.1. The molecule has 4 rings (SSSR count). The van der Waals surface area contributed by atoms with E-state index in [1.165, 1.54) is 11.3 Å². The first-order chi connectivity index (χ1) is 13.1. The summed E-state index contributed by atoms with van der Waals surface area (Å²) in [5.74, 6) is 0.505. The molecule has 1 aromatic heterocycles. The van der Waals surface area contributed by atoms with Gasteiger partial charge in [0.2, 0.25) is 5.78 Å². The average Bonchev–Trinajstić information content (AvgIpc) is 3.25. The van der Waals surface area contributed by atoms with E-state index in [0.717, 1.165) is 16.0 Å². The molecule has 4 nitrogen and oxygen atoms in total. The lowest BCUT2D eigenvalue weighted by Gasteiger charge is -2.05. The van der Waals surface area contributed by atoms with Crippen molar-refractivity contribution in [2.75, 3.05) is 0 Å². The van der Waals surface area contributed by atoms with Crippen LogP contribution in [-0.2, 0) is 11.2 Å². The summed E-state index contributed by atoms with van der Waals surface area (Å²) >= 11 is 1.51. The molecular weight excluding hydrogens is 360 g/mol. The number of Topliss-reactive ketones (excluding diaryl/α,β-unsaturated/α-hetero) is 1. The van der Waals surface area contributed by atoms with Gasteiger partial charge in [0.25, 0.3) is 0 Å². The minimum absolute atomic E-state index is 0.176. The number of aryl methyl sites for hydroxylation is 1. The maximum atomic E-state index is 12.6. The molecule has 0 amide bonds. The van der Waals surface area contributed by atoms with Crippen LogP contribution in [-0.4, -0.2) is 11.8 Å². The lowest BCUT2D eigenvalue weighted by Crippen LogP contribution is -2.10. The third-order valence-electron chi connectivity index (χ3n) is 4.25. The largest absolute Gasteiger partial charge is 0.452 e. The molecule has 0 N–H and O–H groups in total. The maximum Gasteiger partial charge on any atom is 0.316 e. The van der Waals surface area contributed by atoms with Gasteiger partial charge in [-0.05, 0) is 47.7 Å². The summed E-state index contributed by atoms with van der Waals surface area (Å²) in [7, 11) is 0. The Kier molecular flexibility index (Phi) is 4.60. The molecule has 0 bridgehead atoms. The van der Waals surface area contributed by atoms with E-state index in [9.17, 15) is 9.59 Å². The van der Waals surface area contributed by atoms with Crippen LogP contribution in [0.15, 0.2) is 65.7 Å². The molecule has 1 aliphatic rings. The number of carbonyl (C=O) groups excluding carboxylic acids is 2. The zero-order valence-corrected chi connectivity index (χ0v) is 15.4. The van der Waals surface area contributed by atoms with Gasteiger partial charge in [-0.3, -0.25) is 9.59 Å². The van der Waals surface area contributed by atoms with Crippen molar-refractivity contribution >= 4 is 29.2 Å². The number of hydrogen-bond acceptors (Lipinski definition) is 5. The third kappa shape index (κ3) is 3.68. The van der Waals surface area contributed by atoms with E-state index in [2.05, 4.69) is 0 Å². The number of esters is 1. The Morgan fingerprint density at radius 2 is 2.00 bits per heavy atom. The third-order valence-corrected chi connectivity index (χ3v) is 5.12.